The molecule has 1 N–H and O–H groups in total. The lowest BCUT2D eigenvalue weighted by molar-refractivity contribution is -0.383. The van der Waals surface area contributed by atoms with Crippen LogP contribution in [-0.2, 0) is 4.74 Å². The van der Waals surface area contributed by atoms with E-state index in [1.54, 1.807) is 0 Å². The number of hydrogen-bond acceptors (Lipinski definition) is 8. The van der Waals surface area contributed by atoms with Gasteiger partial charge in [-0.3, -0.25) is 15.0 Å². The first-order valence-corrected chi connectivity index (χ1v) is 8.45. The highest BCUT2D eigenvalue weighted by atomic mass is 16.6. The van der Waals surface area contributed by atoms with E-state index in [0.717, 1.165) is 39.3 Å². The molecule has 24 heavy (non-hydrogen) atoms. The molecular formula is C15H26N6O3. The first-order valence-electron chi connectivity index (χ1n) is 8.45. The molecule has 0 spiro atoms. The van der Waals surface area contributed by atoms with Crippen LogP contribution in [0.2, 0.25) is 0 Å². The van der Waals surface area contributed by atoms with Gasteiger partial charge in [-0.1, -0.05) is 0 Å². The highest BCUT2D eigenvalue weighted by molar-refractivity contribution is 5.70. The van der Waals surface area contributed by atoms with E-state index < -0.39 is 4.92 Å². The molecule has 0 bridgehead atoms. The minimum atomic E-state index is -0.405. The van der Waals surface area contributed by atoms with Crippen molar-refractivity contribution in [3.05, 3.63) is 16.4 Å². The Morgan fingerprint density at radius 2 is 2.04 bits per heavy atom. The normalized spacial score (nSPS) is 15.2. The third kappa shape index (κ3) is 4.75. The van der Waals surface area contributed by atoms with E-state index in [4.69, 9.17) is 4.74 Å². The summed E-state index contributed by atoms with van der Waals surface area (Å²) in [6, 6.07) is 0. The summed E-state index contributed by atoms with van der Waals surface area (Å²) < 4.78 is 5.32. The van der Waals surface area contributed by atoms with Crippen molar-refractivity contribution in [2.75, 3.05) is 62.7 Å². The molecule has 2 rings (SSSR count). The fourth-order valence-corrected chi connectivity index (χ4v) is 2.76. The first-order chi connectivity index (χ1) is 11.7. The predicted molar refractivity (Wildman–Crippen MR) is 92.6 cm³/mol. The summed E-state index contributed by atoms with van der Waals surface area (Å²) in [6.45, 7) is 10.2. The maximum absolute atomic E-state index is 11.5. The number of anilines is 2. The Kier molecular flexibility index (Phi) is 7.13. The van der Waals surface area contributed by atoms with Gasteiger partial charge < -0.3 is 15.0 Å². The number of morpholine rings is 1. The molecule has 134 valence electrons. The van der Waals surface area contributed by atoms with Gasteiger partial charge in [-0.2, -0.15) is 0 Å². The van der Waals surface area contributed by atoms with Gasteiger partial charge in [0.05, 0.1) is 18.1 Å². The third-order valence-corrected chi connectivity index (χ3v) is 4.10. The number of rotatable bonds is 9. The van der Waals surface area contributed by atoms with E-state index in [-0.39, 0.29) is 5.69 Å². The van der Waals surface area contributed by atoms with Gasteiger partial charge in [0.25, 0.3) is 0 Å². The van der Waals surface area contributed by atoms with Crippen LogP contribution in [0.15, 0.2) is 6.33 Å². The van der Waals surface area contributed by atoms with E-state index in [1.165, 1.54) is 6.33 Å². The van der Waals surface area contributed by atoms with Crippen molar-refractivity contribution in [3.63, 3.8) is 0 Å². The van der Waals surface area contributed by atoms with Crippen LogP contribution in [0.25, 0.3) is 0 Å². The van der Waals surface area contributed by atoms with E-state index in [1.807, 2.05) is 18.7 Å². The second-order valence-electron chi connectivity index (χ2n) is 5.56. The fraction of sp³-hybridized carbons (Fsp3) is 0.733. The van der Waals surface area contributed by atoms with E-state index >= 15 is 0 Å². The Balaban J connectivity index is 1.98. The summed E-state index contributed by atoms with van der Waals surface area (Å²) in [5, 5.41) is 14.6. The number of ether oxygens (including phenoxy) is 1. The molecular weight excluding hydrogens is 312 g/mol. The maximum Gasteiger partial charge on any atom is 0.353 e. The lowest BCUT2D eigenvalue weighted by Gasteiger charge is -2.26. The zero-order chi connectivity index (χ0) is 17.4. The molecule has 9 nitrogen and oxygen atoms in total. The molecule has 0 unspecified atom stereocenters. The van der Waals surface area contributed by atoms with Gasteiger partial charge in [0.15, 0.2) is 0 Å². The van der Waals surface area contributed by atoms with Crippen molar-refractivity contribution in [1.29, 1.82) is 0 Å². The van der Waals surface area contributed by atoms with Gasteiger partial charge in [0, 0.05) is 32.7 Å². The largest absolute Gasteiger partial charge is 0.379 e. The topological polar surface area (TPSA) is 96.7 Å². The van der Waals surface area contributed by atoms with Crippen molar-refractivity contribution >= 4 is 17.3 Å². The Bertz CT molecular complexity index is 532. The van der Waals surface area contributed by atoms with Crippen LogP contribution in [0.3, 0.4) is 0 Å². The summed E-state index contributed by atoms with van der Waals surface area (Å²) in [5.74, 6) is 0.662. The number of hydrogen-bond donors (Lipinski definition) is 1. The third-order valence-electron chi connectivity index (χ3n) is 4.10. The lowest BCUT2D eigenvalue weighted by atomic mass is 10.3. The standard InChI is InChI=1S/C15H26N6O3/c1-3-20(4-2)15-13(21(22)23)14(17-12-18-15)16-6-5-7-19-8-10-24-11-9-19/h12H,3-11H2,1-2H3,(H,16,17,18). The van der Waals surface area contributed by atoms with Crippen molar-refractivity contribution < 1.29 is 9.66 Å². The smallest absolute Gasteiger partial charge is 0.353 e. The van der Waals surface area contributed by atoms with Gasteiger partial charge in [0.1, 0.15) is 6.33 Å². The Morgan fingerprint density at radius 3 is 2.67 bits per heavy atom. The predicted octanol–water partition coefficient (Wildman–Crippen LogP) is 1.37. The second kappa shape index (κ2) is 9.33. The van der Waals surface area contributed by atoms with Gasteiger partial charge in [0.2, 0.25) is 11.6 Å². The monoisotopic (exact) mass is 338 g/mol. The number of aromatic nitrogens is 2. The van der Waals surface area contributed by atoms with E-state index in [9.17, 15) is 10.1 Å². The van der Waals surface area contributed by atoms with Crippen molar-refractivity contribution in [3.8, 4) is 0 Å². The molecule has 1 aliphatic heterocycles. The molecule has 1 saturated heterocycles. The maximum atomic E-state index is 11.5. The van der Waals surface area contributed by atoms with Crippen LogP contribution in [-0.4, -0.2) is 72.3 Å². The molecule has 0 saturated carbocycles. The van der Waals surface area contributed by atoms with Crippen LogP contribution < -0.4 is 10.2 Å². The number of nitrogens with zero attached hydrogens (tertiary/aromatic N) is 5. The van der Waals surface area contributed by atoms with E-state index in [0.29, 0.717) is 31.3 Å². The minimum absolute atomic E-state index is 0.0485. The molecule has 0 aliphatic carbocycles. The molecule has 0 aromatic carbocycles. The molecule has 1 aromatic rings. The molecule has 9 heteroatoms. The molecule has 1 aliphatic rings. The van der Waals surface area contributed by atoms with Gasteiger partial charge in [-0.25, -0.2) is 9.97 Å². The highest BCUT2D eigenvalue weighted by Gasteiger charge is 2.25. The average Bonchev–Trinajstić information content (AvgIpc) is 2.60. The highest BCUT2D eigenvalue weighted by Crippen LogP contribution is 2.31. The van der Waals surface area contributed by atoms with Gasteiger partial charge >= 0.3 is 5.69 Å². The van der Waals surface area contributed by atoms with Crippen molar-refractivity contribution in [1.82, 2.24) is 14.9 Å². The molecule has 2 heterocycles. The Morgan fingerprint density at radius 1 is 1.33 bits per heavy atom. The van der Waals surface area contributed by atoms with E-state index in [2.05, 4.69) is 20.2 Å². The van der Waals surface area contributed by atoms with Crippen LogP contribution >= 0.6 is 0 Å². The van der Waals surface area contributed by atoms with Crippen LogP contribution in [0.5, 0.6) is 0 Å². The van der Waals surface area contributed by atoms with Crippen molar-refractivity contribution in [2.45, 2.75) is 20.3 Å². The van der Waals surface area contributed by atoms with Crippen LogP contribution in [0.4, 0.5) is 17.3 Å². The Hall–Kier alpha value is -2.00. The zero-order valence-corrected chi connectivity index (χ0v) is 14.4. The SMILES string of the molecule is CCN(CC)c1ncnc(NCCCN2CCOCC2)c1[N+](=O)[O-]. The zero-order valence-electron chi connectivity index (χ0n) is 14.4. The molecule has 1 fully saturated rings. The van der Waals surface area contributed by atoms with Gasteiger partial charge in [-0.15, -0.1) is 0 Å². The summed E-state index contributed by atoms with van der Waals surface area (Å²) in [5.41, 5.74) is -0.0485. The van der Waals surface area contributed by atoms with Crippen LogP contribution in [0.1, 0.15) is 20.3 Å². The average molecular weight is 338 g/mol. The summed E-state index contributed by atoms with van der Waals surface area (Å²) >= 11 is 0. The molecule has 0 atom stereocenters. The number of nitro groups is 1. The quantitative estimate of drug-likeness (QED) is 0.410. The van der Waals surface area contributed by atoms with Gasteiger partial charge in [-0.05, 0) is 26.8 Å². The molecule has 0 amide bonds. The Labute approximate surface area is 142 Å². The number of nitrogens with one attached hydrogen (secondary N) is 1. The minimum Gasteiger partial charge on any atom is -0.379 e. The summed E-state index contributed by atoms with van der Waals surface area (Å²) in [4.78, 5) is 23.5. The second-order valence-corrected chi connectivity index (χ2v) is 5.56. The summed E-state index contributed by atoms with van der Waals surface area (Å²) in [7, 11) is 0. The molecule has 0 radical (unpaired) electrons. The lowest BCUT2D eigenvalue weighted by Crippen LogP contribution is -2.37. The summed E-state index contributed by atoms with van der Waals surface area (Å²) in [6.07, 6.45) is 2.27. The van der Waals surface area contributed by atoms with Crippen LogP contribution in [0, 0.1) is 10.1 Å². The molecule has 1 aromatic heterocycles. The fourth-order valence-electron chi connectivity index (χ4n) is 2.76. The first kappa shape index (κ1) is 18.3. The van der Waals surface area contributed by atoms with Crippen molar-refractivity contribution in [2.24, 2.45) is 0 Å².